The van der Waals surface area contributed by atoms with E-state index in [-0.39, 0.29) is 13.2 Å². The summed E-state index contributed by atoms with van der Waals surface area (Å²) < 4.78 is 9.93. The molecule has 0 amide bonds. The van der Waals surface area contributed by atoms with Gasteiger partial charge in [-0.1, -0.05) is 27.2 Å². The zero-order chi connectivity index (χ0) is 13.5. The summed E-state index contributed by atoms with van der Waals surface area (Å²) in [5, 5.41) is 0. The standard InChI is InChI=1S/C13H24O4/c1-6-9-13(4,5)10(11(14)16-7-2)12(15)17-8-3/h10H,6-9H2,1-5H3. The van der Waals surface area contributed by atoms with E-state index in [9.17, 15) is 9.59 Å². The predicted molar refractivity (Wildman–Crippen MR) is 65.4 cm³/mol. The van der Waals surface area contributed by atoms with Crippen molar-refractivity contribution in [2.75, 3.05) is 13.2 Å². The Labute approximate surface area is 104 Å². The SMILES string of the molecule is CCCC(C)(C)C(C(=O)OCC)C(=O)OCC. The summed E-state index contributed by atoms with van der Waals surface area (Å²) in [7, 11) is 0. The fourth-order valence-electron chi connectivity index (χ4n) is 1.97. The van der Waals surface area contributed by atoms with E-state index in [1.165, 1.54) is 0 Å². The van der Waals surface area contributed by atoms with Crippen LogP contribution in [0.15, 0.2) is 0 Å². The van der Waals surface area contributed by atoms with Gasteiger partial charge in [0.2, 0.25) is 0 Å². The summed E-state index contributed by atoms with van der Waals surface area (Å²) >= 11 is 0. The van der Waals surface area contributed by atoms with Gasteiger partial charge in [0.1, 0.15) is 0 Å². The average Bonchev–Trinajstić information content (AvgIpc) is 2.17. The molecule has 0 aliphatic rings. The lowest BCUT2D eigenvalue weighted by molar-refractivity contribution is -0.167. The molecule has 0 unspecified atom stereocenters. The van der Waals surface area contributed by atoms with E-state index in [2.05, 4.69) is 0 Å². The number of ether oxygens (including phenoxy) is 2. The van der Waals surface area contributed by atoms with E-state index in [1.807, 2.05) is 20.8 Å². The fourth-order valence-corrected chi connectivity index (χ4v) is 1.97. The van der Waals surface area contributed by atoms with Gasteiger partial charge in [0.05, 0.1) is 13.2 Å². The van der Waals surface area contributed by atoms with Crippen LogP contribution in [-0.4, -0.2) is 25.2 Å². The van der Waals surface area contributed by atoms with Crippen molar-refractivity contribution in [1.29, 1.82) is 0 Å². The number of hydrogen-bond acceptors (Lipinski definition) is 4. The lowest BCUT2D eigenvalue weighted by Gasteiger charge is -2.30. The van der Waals surface area contributed by atoms with Crippen LogP contribution in [0.1, 0.15) is 47.5 Å². The summed E-state index contributed by atoms with van der Waals surface area (Å²) in [5.41, 5.74) is -0.437. The summed E-state index contributed by atoms with van der Waals surface area (Å²) in [6.45, 7) is 9.83. The molecule has 0 aromatic rings. The summed E-state index contributed by atoms with van der Waals surface area (Å²) in [5.74, 6) is -1.80. The second-order valence-corrected chi connectivity index (χ2v) is 4.68. The summed E-state index contributed by atoms with van der Waals surface area (Å²) in [4.78, 5) is 23.7. The van der Waals surface area contributed by atoms with Crippen molar-refractivity contribution < 1.29 is 19.1 Å². The van der Waals surface area contributed by atoms with Crippen LogP contribution in [0.3, 0.4) is 0 Å². The van der Waals surface area contributed by atoms with Crippen LogP contribution in [0.2, 0.25) is 0 Å². The molecule has 0 rings (SSSR count). The smallest absolute Gasteiger partial charge is 0.320 e. The monoisotopic (exact) mass is 244 g/mol. The highest BCUT2D eigenvalue weighted by Crippen LogP contribution is 2.34. The van der Waals surface area contributed by atoms with Crippen LogP contribution in [0.5, 0.6) is 0 Å². The van der Waals surface area contributed by atoms with Crippen molar-refractivity contribution in [3.05, 3.63) is 0 Å². The molecule has 4 heteroatoms. The van der Waals surface area contributed by atoms with E-state index in [0.717, 1.165) is 12.8 Å². The largest absolute Gasteiger partial charge is 0.465 e. The van der Waals surface area contributed by atoms with Crippen LogP contribution in [-0.2, 0) is 19.1 Å². The van der Waals surface area contributed by atoms with Crippen molar-refractivity contribution in [3.63, 3.8) is 0 Å². The van der Waals surface area contributed by atoms with Crippen LogP contribution < -0.4 is 0 Å². The fraction of sp³-hybridized carbons (Fsp3) is 0.846. The molecule has 0 fully saturated rings. The Morgan fingerprint density at radius 3 is 1.71 bits per heavy atom. The van der Waals surface area contributed by atoms with Crippen LogP contribution in [0.25, 0.3) is 0 Å². The molecule has 0 aliphatic heterocycles. The first kappa shape index (κ1) is 15.9. The molecule has 0 N–H and O–H groups in total. The molecule has 0 radical (unpaired) electrons. The molecule has 0 aromatic heterocycles. The Morgan fingerprint density at radius 1 is 1.00 bits per heavy atom. The molecule has 0 spiro atoms. The van der Waals surface area contributed by atoms with Crippen molar-refractivity contribution in [1.82, 2.24) is 0 Å². The minimum atomic E-state index is -0.831. The topological polar surface area (TPSA) is 52.6 Å². The second-order valence-electron chi connectivity index (χ2n) is 4.68. The molecule has 0 atom stereocenters. The van der Waals surface area contributed by atoms with Crippen molar-refractivity contribution in [2.24, 2.45) is 11.3 Å². The Bertz CT molecular complexity index is 240. The van der Waals surface area contributed by atoms with E-state index in [1.54, 1.807) is 13.8 Å². The van der Waals surface area contributed by atoms with Gasteiger partial charge in [-0.25, -0.2) is 0 Å². The lowest BCUT2D eigenvalue weighted by atomic mass is 9.75. The second kappa shape index (κ2) is 7.30. The maximum absolute atomic E-state index is 11.9. The van der Waals surface area contributed by atoms with E-state index in [0.29, 0.717) is 0 Å². The van der Waals surface area contributed by atoms with Gasteiger partial charge in [0.25, 0.3) is 0 Å². The summed E-state index contributed by atoms with van der Waals surface area (Å²) in [6.07, 6.45) is 1.68. The van der Waals surface area contributed by atoms with E-state index < -0.39 is 23.3 Å². The third kappa shape index (κ3) is 4.75. The predicted octanol–water partition coefficient (Wildman–Crippen LogP) is 2.56. The van der Waals surface area contributed by atoms with Crippen molar-refractivity contribution in [3.8, 4) is 0 Å². The van der Waals surface area contributed by atoms with Gasteiger partial charge in [-0.3, -0.25) is 9.59 Å². The highest BCUT2D eigenvalue weighted by atomic mass is 16.6. The van der Waals surface area contributed by atoms with Gasteiger partial charge in [0, 0.05) is 0 Å². The first-order valence-electron chi connectivity index (χ1n) is 6.23. The number of esters is 2. The van der Waals surface area contributed by atoms with Gasteiger partial charge in [-0.05, 0) is 25.7 Å². The Balaban J connectivity index is 4.95. The highest BCUT2D eigenvalue weighted by molar-refractivity contribution is 5.95. The maximum atomic E-state index is 11.9. The number of carbonyl (C=O) groups is 2. The first-order chi connectivity index (χ1) is 7.90. The molecular weight excluding hydrogens is 220 g/mol. The van der Waals surface area contributed by atoms with Crippen molar-refractivity contribution >= 4 is 11.9 Å². The Hall–Kier alpha value is -1.06. The minimum absolute atomic E-state index is 0.275. The van der Waals surface area contributed by atoms with Gasteiger partial charge in [-0.2, -0.15) is 0 Å². The maximum Gasteiger partial charge on any atom is 0.320 e. The molecule has 100 valence electrons. The first-order valence-corrected chi connectivity index (χ1v) is 6.23. The number of rotatable bonds is 7. The zero-order valence-corrected chi connectivity index (χ0v) is 11.5. The molecular formula is C13H24O4. The quantitative estimate of drug-likeness (QED) is 0.510. The van der Waals surface area contributed by atoms with Crippen LogP contribution in [0, 0.1) is 11.3 Å². The van der Waals surface area contributed by atoms with Crippen LogP contribution >= 0.6 is 0 Å². The summed E-state index contributed by atoms with van der Waals surface area (Å²) in [6, 6.07) is 0. The van der Waals surface area contributed by atoms with Gasteiger partial charge < -0.3 is 9.47 Å². The molecule has 0 bridgehead atoms. The van der Waals surface area contributed by atoms with E-state index in [4.69, 9.17) is 9.47 Å². The molecule has 0 heterocycles. The van der Waals surface area contributed by atoms with E-state index >= 15 is 0 Å². The normalized spacial score (nSPS) is 11.4. The number of carbonyl (C=O) groups excluding carboxylic acids is 2. The molecule has 17 heavy (non-hydrogen) atoms. The average molecular weight is 244 g/mol. The Kier molecular flexibility index (Phi) is 6.85. The van der Waals surface area contributed by atoms with Gasteiger partial charge in [-0.15, -0.1) is 0 Å². The zero-order valence-electron chi connectivity index (χ0n) is 11.5. The lowest BCUT2D eigenvalue weighted by Crippen LogP contribution is -2.39. The Morgan fingerprint density at radius 2 is 1.41 bits per heavy atom. The molecule has 4 nitrogen and oxygen atoms in total. The van der Waals surface area contributed by atoms with Gasteiger partial charge in [0.15, 0.2) is 5.92 Å². The highest BCUT2D eigenvalue weighted by Gasteiger charge is 2.42. The third-order valence-electron chi connectivity index (χ3n) is 2.72. The third-order valence-corrected chi connectivity index (χ3v) is 2.72. The van der Waals surface area contributed by atoms with Crippen LogP contribution in [0.4, 0.5) is 0 Å². The minimum Gasteiger partial charge on any atom is -0.465 e. The molecule has 0 aliphatic carbocycles. The molecule has 0 aromatic carbocycles. The number of hydrogen-bond donors (Lipinski definition) is 0. The molecule has 0 saturated heterocycles. The van der Waals surface area contributed by atoms with Crippen molar-refractivity contribution in [2.45, 2.75) is 47.5 Å². The molecule has 0 saturated carbocycles. The van der Waals surface area contributed by atoms with Gasteiger partial charge >= 0.3 is 11.9 Å².